The quantitative estimate of drug-likeness (QED) is 0.358. The summed E-state index contributed by atoms with van der Waals surface area (Å²) in [7, 11) is 0. The molecule has 2 heterocycles. The van der Waals surface area contributed by atoms with Crippen molar-refractivity contribution < 1.29 is 9.59 Å². The van der Waals surface area contributed by atoms with E-state index >= 15 is 0 Å². The Hall–Kier alpha value is -3.84. The molecule has 3 aromatic carbocycles. The molecule has 0 bridgehead atoms. The van der Waals surface area contributed by atoms with Crippen LogP contribution in [0.1, 0.15) is 40.3 Å². The maximum atomic E-state index is 13.7. The average Bonchev–Trinajstić information content (AvgIpc) is 3.66. The number of rotatable bonds is 6. The van der Waals surface area contributed by atoms with Crippen LogP contribution >= 0.6 is 11.8 Å². The molecule has 2 amide bonds. The van der Waals surface area contributed by atoms with E-state index in [9.17, 15) is 9.59 Å². The minimum Gasteiger partial charge on any atom is -0.352 e. The van der Waals surface area contributed by atoms with Crippen molar-refractivity contribution >= 4 is 29.4 Å². The summed E-state index contributed by atoms with van der Waals surface area (Å²) in [6.07, 6.45) is 1.99. The fraction of sp³-hybridized carbons (Fsp3) is 0.258. The van der Waals surface area contributed by atoms with Gasteiger partial charge in [-0.2, -0.15) is 5.10 Å². The van der Waals surface area contributed by atoms with E-state index in [-0.39, 0.29) is 35.4 Å². The number of aromatic nitrogens is 2. The number of hydrogen-bond donors (Lipinski definition) is 1. The van der Waals surface area contributed by atoms with E-state index in [1.165, 1.54) is 0 Å². The second-order valence-corrected chi connectivity index (χ2v) is 11.2. The summed E-state index contributed by atoms with van der Waals surface area (Å²) < 4.78 is 1.86. The van der Waals surface area contributed by atoms with Gasteiger partial charge in [-0.1, -0.05) is 72.3 Å². The Kier molecular flexibility index (Phi) is 6.54. The molecule has 1 aliphatic heterocycles. The molecule has 1 saturated carbocycles. The van der Waals surface area contributed by atoms with E-state index in [1.54, 1.807) is 16.7 Å². The van der Waals surface area contributed by atoms with Gasteiger partial charge in [0.05, 0.1) is 22.4 Å². The van der Waals surface area contributed by atoms with Crippen molar-refractivity contribution in [3.8, 4) is 16.9 Å². The van der Waals surface area contributed by atoms with E-state index in [0.29, 0.717) is 5.82 Å². The number of fused-ring (bicyclic) bond motifs is 1. The van der Waals surface area contributed by atoms with Crippen molar-refractivity contribution in [1.82, 2.24) is 15.1 Å². The Morgan fingerprint density at radius 2 is 1.71 bits per heavy atom. The maximum absolute atomic E-state index is 13.7. The van der Waals surface area contributed by atoms with Gasteiger partial charge in [0, 0.05) is 17.2 Å². The summed E-state index contributed by atoms with van der Waals surface area (Å²) in [5, 5.41) is 8.09. The first-order valence-electron chi connectivity index (χ1n) is 13.0. The third-order valence-corrected chi connectivity index (χ3v) is 8.23. The zero-order valence-electron chi connectivity index (χ0n) is 21.6. The molecule has 38 heavy (non-hydrogen) atoms. The second-order valence-electron chi connectivity index (χ2n) is 10.1. The molecule has 0 spiro atoms. The summed E-state index contributed by atoms with van der Waals surface area (Å²) in [6.45, 7) is 4.09. The predicted octanol–water partition coefficient (Wildman–Crippen LogP) is 5.60. The van der Waals surface area contributed by atoms with E-state index in [0.717, 1.165) is 52.0 Å². The lowest BCUT2D eigenvalue weighted by atomic mass is 9.98. The summed E-state index contributed by atoms with van der Waals surface area (Å²) in [6, 6.07) is 26.9. The fourth-order valence-corrected chi connectivity index (χ4v) is 6.20. The number of aryl methyl sites for hydroxylation is 2. The van der Waals surface area contributed by atoms with Crippen LogP contribution in [0.4, 0.5) is 5.82 Å². The van der Waals surface area contributed by atoms with Gasteiger partial charge in [-0.15, -0.1) is 11.8 Å². The van der Waals surface area contributed by atoms with Crippen LogP contribution < -0.4 is 10.2 Å². The molecule has 1 fully saturated rings. The molecular weight excluding hydrogens is 492 g/mol. The third kappa shape index (κ3) is 4.86. The zero-order chi connectivity index (χ0) is 26.2. The SMILES string of the molecule is Cc1cccc([C@@H]2SCC(=O)N(CC(=O)NC3CC3)c3c2c(-c2ccccc2)nn3-c2cccc(C)c2)c1. The molecule has 0 saturated heterocycles. The molecule has 2 aliphatic rings. The van der Waals surface area contributed by atoms with Crippen LogP contribution in [-0.2, 0) is 9.59 Å². The molecule has 192 valence electrons. The topological polar surface area (TPSA) is 67.2 Å². The van der Waals surface area contributed by atoms with Crippen molar-refractivity contribution in [2.75, 3.05) is 17.2 Å². The molecule has 1 aliphatic carbocycles. The van der Waals surface area contributed by atoms with Gasteiger partial charge in [0.15, 0.2) is 0 Å². The largest absolute Gasteiger partial charge is 0.352 e. The zero-order valence-corrected chi connectivity index (χ0v) is 22.4. The summed E-state index contributed by atoms with van der Waals surface area (Å²) >= 11 is 1.60. The normalized spacial score (nSPS) is 17.2. The number of anilines is 1. The van der Waals surface area contributed by atoms with Gasteiger partial charge in [0.2, 0.25) is 11.8 Å². The van der Waals surface area contributed by atoms with Gasteiger partial charge in [-0.25, -0.2) is 4.68 Å². The van der Waals surface area contributed by atoms with Gasteiger partial charge in [0.25, 0.3) is 0 Å². The molecule has 0 unspecified atom stereocenters. The van der Waals surface area contributed by atoms with Gasteiger partial charge < -0.3 is 5.32 Å². The first-order valence-corrected chi connectivity index (χ1v) is 14.1. The summed E-state index contributed by atoms with van der Waals surface area (Å²) in [4.78, 5) is 28.5. The molecule has 1 aromatic heterocycles. The number of amides is 2. The Labute approximate surface area is 227 Å². The Morgan fingerprint density at radius 1 is 0.974 bits per heavy atom. The lowest BCUT2D eigenvalue weighted by Gasteiger charge is -2.23. The Balaban J connectivity index is 1.61. The smallest absolute Gasteiger partial charge is 0.240 e. The molecular formula is C31H30N4O2S. The van der Waals surface area contributed by atoms with Crippen LogP contribution in [0.15, 0.2) is 78.9 Å². The standard InChI is InChI=1S/C31H30N4O2S/c1-20-8-6-12-23(16-20)30-28-29(22-10-4-3-5-11-22)33-35(25-13-7-9-21(2)17-25)31(28)34(27(37)19-38-30)18-26(36)32-24-14-15-24/h3-13,16-17,24,30H,14-15,18-19H2,1-2H3,(H,32,36)/t30-/m0/s1. The van der Waals surface area contributed by atoms with Crippen molar-refractivity contribution in [3.05, 3.63) is 101 Å². The summed E-state index contributed by atoms with van der Waals surface area (Å²) in [5.41, 5.74) is 6.99. The lowest BCUT2D eigenvalue weighted by Crippen LogP contribution is -2.43. The van der Waals surface area contributed by atoms with Crippen LogP contribution in [0.5, 0.6) is 0 Å². The minimum atomic E-state index is -0.135. The molecule has 4 aromatic rings. The Morgan fingerprint density at radius 3 is 2.42 bits per heavy atom. The van der Waals surface area contributed by atoms with Crippen molar-refractivity contribution in [3.63, 3.8) is 0 Å². The van der Waals surface area contributed by atoms with Crippen molar-refractivity contribution in [2.24, 2.45) is 0 Å². The summed E-state index contributed by atoms with van der Waals surface area (Å²) in [5.74, 6) is 0.711. The maximum Gasteiger partial charge on any atom is 0.240 e. The second kappa shape index (κ2) is 10.1. The van der Waals surface area contributed by atoms with E-state index in [1.807, 2.05) is 48.0 Å². The fourth-order valence-electron chi connectivity index (χ4n) is 5.01. The first kappa shape index (κ1) is 24.5. The van der Waals surface area contributed by atoms with Crippen molar-refractivity contribution in [1.29, 1.82) is 0 Å². The highest BCUT2D eigenvalue weighted by atomic mass is 32.2. The van der Waals surface area contributed by atoms with E-state index in [4.69, 9.17) is 5.10 Å². The highest BCUT2D eigenvalue weighted by Crippen LogP contribution is 2.48. The van der Waals surface area contributed by atoms with E-state index in [2.05, 4.69) is 54.7 Å². The predicted molar refractivity (Wildman–Crippen MR) is 153 cm³/mol. The number of carbonyl (C=O) groups is 2. The van der Waals surface area contributed by atoms with Gasteiger partial charge in [-0.3, -0.25) is 14.5 Å². The van der Waals surface area contributed by atoms with Crippen LogP contribution in [0, 0.1) is 13.8 Å². The number of hydrogen-bond acceptors (Lipinski definition) is 4. The molecule has 1 atom stereocenters. The number of carbonyl (C=O) groups excluding carboxylic acids is 2. The van der Waals surface area contributed by atoms with Crippen LogP contribution in [-0.4, -0.2) is 39.9 Å². The highest BCUT2D eigenvalue weighted by Gasteiger charge is 2.38. The van der Waals surface area contributed by atoms with Crippen LogP contribution in [0.3, 0.4) is 0 Å². The lowest BCUT2D eigenvalue weighted by molar-refractivity contribution is -0.123. The Bertz CT molecular complexity index is 1510. The highest BCUT2D eigenvalue weighted by molar-refractivity contribution is 8.00. The molecule has 1 N–H and O–H groups in total. The van der Waals surface area contributed by atoms with Gasteiger partial charge >= 0.3 is 0 Å². The van der Waals surface area contributed by atoms with Gasteiger partial charge in [-0.05, 0) is 49.9 Å². The first-order chi connectivity index (χ1) is 18.5. The molecule has 6 nitrogen and oxygen atoms in total. The van der Waals surface area contributed by atoms with Gasteiger partial charge in [0.1, 0.15) is 12.4 Å². The number of thioether (sulfide) groups is 1. The van der Waals surface area contributed by atoms with E-state index < -0.39 is 0 Å². The van der Waals surface area contributed by atoms with Crippen LogP contribution in [0.25, 0.3) is 16.9 Å². The third-order valence-electron chi connectivity index (χ3n) is 6.97. The van der Waals surface area contributed by atoms with Crippen LogP contribution in [0.2, 0.25) is 0 Å². The molecule has 6 rings (SSSR count). The number of nitrogens with zero attached hydrogens (tertiary/aromatic N) is 3. The van der Waals surface area contributed by atoms with Crippen molar-refractivity contribution in [2.45, 2.75) is 38.0 Å². The minimum absolute atomic E-state index is 0.0326. The number of nitrogens with one attached hydrogen (secondary N) is 1. The number of benzene rings is 3. The molecule has 0 radical (unpaired) electrons. The average molecular weight is 523 g/mol. The monoisotopic (exact) mass is 522 g/mol. The molecule has 7 heteroatoms.